The minimum absolute atomic E-state index is 0.0989. The van der Waals surface area contributed by atoms with Gasteiger partial charge in [-0.15, -0.1) is 0 Å². The molecule has 7 nitrogen and oxygen atoms in total. The third-order valence-corrected chi connectivity index (χ3v) is 8.00. The van der Waals surface area contributed by atoms with Crippen LogP contribution < -0.4 is 10.6 Å². The average Bonchev–Trinajstić information content (AvgIpc) is 3.35. The van der Waals surface area contributed by atoms with E-state index in [-0.39, 0.29) is 18.9 Å². The van der Waals surface area contributed by atoms with E-state index in [1.807, 2.05) is 115 Å². The van der Waals surface area contributed by atoms with Crippen LogP contribution in [0.15, 0.2) is 115 Å². The summed E-state index contributed by atoms with van der Waals surface area (Å²) in [5, 5.41) is 28.3. The number of aliphatic hydroxyl groups is 2. The molecular formula is C36H38N2O5. The minimum atomic E-state index is -1.05. The molecule has 5 rings (SSSR count). The predicted octanol–water partition coefficient (Wildman–Crippen LogP) is 4.91. The van der Waals surface area contributed by atoms with Crippen molar-refractivity contribution in [3.05, 3.63) is 143 Å². The van der Waals surface area contributed by atoms with Crippen molar-refractivity contribution in [3.63, 3.8) is 0 Å². The lowest BCUT2D eigenvalue weighted by molar-refractivity contribution is -0.127. The number of aliphatic hydroxyl groups excluding tert-OH is 2. The zero-order chi connectivity index (χ0) is 30.0. The van der Waals surface area contributed by atoms with Gasteiger partial charge in [-0.1, -0.05) is 115 Å². The van der Waals surface area contributed by atoms with E-state index in [1.54, 1.807) is 0 Å². The molecule has 0 fully saturated rings. The van der Waals surface area contributed by atoms with Gasteiger partial charge in [0, 0.05) is 12.3 Å². The van der Waals surface area contributed by atoms with Gasteiger partial charge < -0.3 is 25.6 Å². The second-order valence-electron chi connectivity index (χ2n) is 11.1. The molecule has 1 aliphatic carbocycles. The first-order valence-electron chi connectivity index (χ1n) is 14.8. The van der Waals surface area contributed by atoms with Gasteiger partial charge in [0.1, 0.15) is 6.61 Å². The molecule has 0 heterocycles. The van der Waals surface area contributed by atoms with Gasteiger partial charge in [0.25, 0.3) is 0 Å². The third-order valence-electron chi connectivity index (χ3n) is 8.00. The zero-order valence-corrected chi connectivity index (χ0v) is 24.0. The van der Waals surface area contributed by atoms with Crippen LogP contribution >= 0.6 is 0 Å². The van der Waals surface area contributed by atoms with E-state index in [9.17, 15) is 19.8 Å². The molecule has 1 aliphatic rings. The summed E-state index contributed by atoms with van der Waals surface area (Å²) < 4.78 is 5.46. The Morgan fingerprint density at radius 3 is 1.98 bits per heavy atom. The summed E-state index contributed by atoms with van der Waals surface area (Å²) in [6.07, 6.45) is -1.09. The van der Waals surface area contributed by atoms with Crippen LogP contribution in [0.4, 0.5) is 4.79 Å². The van der Waals surface area contributed by atoms with E-state index in [1.165, 1.54) is 0 Å². The SMILES string of the molecule is O=C(NC(Cc1ccccc1)C(O)CC(Cc1ccccc1)C(=O)N[C@H]1c2ccccc2C[C@@H]1O)OCc1ccccc1. The summed E-state index contributed by atoms with van der Waals surface area (Å²) in [4.78, 5) is 26.7. The maximum atomic E-state index is 13.8. The molecule has 43 heavy (non-hydrogen) atoms. The lowest BCUT2D eigenvalue weighted by Crippen LogP contribution is -2.47. The van der Waals surface area contributed by atoms with E-state index in [2.05, 4.69) is 10.6 Å². The number of fused-ring (bicyclic) bond motifs is 1. The molecule has 0 saturated heterocycles. The first kappa shape index (κ1) is 30.0. The molecule has 7 heteroatoms. The Balaban J connectivity index is 1.32. The zero-order valence-electron chi connectivity index (χ0n) is 24.0. The first-order valence-corrected chi connectivity index (χ1v) is 14.8. The second kappa shape index (κ2) is 14.6. The highest BCUT2D eigenvalue weighted by atomic mass is 16.5. The monoisotopic (exact) mass is 578 g/mol. The van der Waals surface area contributed by atoms with Crippen molar-refractivity contribution in [3.8, 4) is 0 Å². The molecular weight excluding hydrogens is 540 g/mol. The Kier molecular flexibility index (Phi) is 10.2. The van der Waals surface area contributed by atoms with E-state index in [0.29, 0.717) is 19.3 Å². The largest absolute Gasteiger partial charge is 0.445 e. The molecule has 0 bridgehead atoms. The van der Waals surface area contributed by atoms with Gasteiger partial charge in [0.15, 0.2) is 0 Å². The van der Waals surface area contributed by atoms with Crippen LogP contribution in [0.5, 0.6) is 0 Å². The number of nitrogens with one attached hydrogen (secondary N) is 2. The molecule has 0 aromatic heterocycles. The number of ether oxygens (including phenoxy) is 1. The maximum absolute atomic E-state index is 13.8. The van der Waals surface area contributed by atoms with E-state index in [0.717, 1.165) is 27.8 Å². The molecule has 0 saturated carbocycles. The quantitative estimate of drug-likeness (QED) is 0.191. The van der Waals surface area contributed by atoms with Crippen molar-refractivity contribution < 1.29 is 24.5 Å². The lowest BCUT2D eigenvalue weighted by atomic mass is 9.88. The lowest BCUT2D eigenvalue weighted by Gasteiger charge is -2.28. The fourth-order valence-corrected chi connectivity index (χ4v) is 5.72. The van der Waals surface area contributed by atoms with Gasteiger partial charge in [0.05, 0.1) is 24.3 Å². The summed E-state index contributed by atoms with van der Waals surface area (Å²) >= 11 is 0. The molecule has 0 radical (unpaired) electrons. The third kappa shape index (κ3) is 8.31. The van der Waals surface area contributed by atoms with Crippen molar-refractivity contribution in [2.24, 2.45) is 5.92 Å². The fourth-order valence-electron chi connectivity index (χ4n) is 5.72. The van der Waals surface area contributed by atoms with Crippen molar-refractivity contribution in [2.75, 3.05) is 0 Å². The molecule has 0 aliphatic heterocycles. The number of alkyl carbamates (subject to hydrolysis) is 1. The van der Waals surface area contributed by atoms with Crippen LogP contribution in [-0.2, 0) is 35.4 Å². The Morgan fingerprint density at radius 2 is 1.33 bits per heavy atom. The van der Waals surface area contributed by atoms with Crippen LogP contribution in [0, 0.1) is 5.92 Å². The molecule has 0 spiro atoms. The average molecular weight is 579 g/mol. The van der Waals surface area contributed by atoms with E-state index in [4.69, 9.17) is 4.74 Å². The van der Waals surface area contributed by atoms with Gasteiger partial charge in [-0.3, -0.25) is 4.79 Å². The number of amides is 2. The molecule has 222 valence electrons. The van der Waals surface area contributed by atoms with Gasteiger partial charge in [0.2, 0.25) is 5.91 Å². The van der Waals surface area contributed by atoms with Crippen LogP contribution in [0.2, 0.25) is 0 Å². The Labute approximate surface area is 252 Å². The molecule has 2 amide bonds. The summed E-state index contributed by atoms with van der Waals surface area (Å²) in [5.41, 5.74) is 4.67. The summed E-state index contributed by atoms with van der Waals surface area (Å²) in [5.74, 6) is -0.869. The maximum Gasteiger partial charge on any atom is 0.407 e. The Morgan fingerprint density at radius 1 is 0.767 bits per heavy atom. The van der Waals surface area contributed by atoms with E-state index < -0.39 is 36.3 Å². The highest BCUT2D eigenvalue weighted by Crippen LogP contribution is 2.32. The fraction of sp³-hybridized carbons (Fsp3) is 0.278. The molecule has 4 aromatic carbocycles. The molecule has 4 N–H and O–H groups in total. The number of rotatable bonds is 12. The summed E-state index contributed by atoms with van der Waals surface area (Å²) in [7, 11) is 0. The standard InChI is InChI=1S/C36H38N2O5/c39-32(31(21-26-14-6-2-7-15-26)37-36(42)43-24-27-16-8-3-9-17-27)23-29(20-25-12-4-1-5-13-25)35(41)38-34-30-19-11-10-18-28(30)22-33(34)40/h1-19,29,31-34,39-40H,20-24H2,(H,37,42)(H,38,41)/t29?,31?,32?,33-,34-/m0/s1. The number of carbonyl (C=O) groups excluding carboxylic acids is 2. The van der Waals surface area contributed by atoms with Crippen LogP contribution in [-0.4, -0.2) is 40.5 Å². The number of benzene rings is 4. The Bertz CT molecular complexity index is 1460. The highest BCUT2D eigenvalue weighted by Gasteiger charge is 2.35. The first-order chi connectivity index (χ1) is 21.0. The number of carbonyl (C=O) groups is 2. The number of hydrogen-bond acceptors (Lipinski definition) is 5. The van der Waals surface area contributed by atoms with Gasteiger partial charge >= 0.3 is 6.09 Å². The summed E-state index contributed by atoms with van der Waals surface area (Å²) in [6, 6.07) is 35.1. The van der Waals surface area contributed by atoms with Crippen LogP contribution in [0.1, 0.15) is 40.3 Å². The topological polar surface area (TPSA) is 108 Å². The molecule has 5 atom stereocenters. The minimum Gasteiger partial charge on any atom is -0.445 e. The van der Waals surface area contributed by atoms with Gasteiger partial charge in [-0.05, 0) is 47.1 Å². The Hall–Kier alpha value is -4.46. The normalized spacial score (nSPS) is 17.7. The second-order valence-corrected chi connectivity index (χ2v) is 11.1. The van der Waals surface area contributed by atoms with Crippen molar-refractivity contribution in [1.29, 1.82) is 0 Å². The van der Waals surface area contributed by atoms with Crippen molar-refractivity contribution in [1.82, 2.24) is 10.6 Å². The summed E-state index contributed by atoms with van der Waals surface area (Å²) in [6.45, 7) is 0.102. The van der Waals surface area contributed by atoms with Gasteiger partial charge in [-0.25, -0.2) is 4.79 Å². The highest BCUT2D eigenvalue weighted by molar-refractivity contribution is 5.80. The van der Waals surface area contributed by atoms with Crippen LogP contribution in [0.25, 0.3) is 0 Å². The molecule has 3 unspecified atom stereocenters. The predicted molar refractivity (Wildman–Crippen MR) is 165 cm³/mol. The van der Waals surface area contributed by atoms with Gasteiger partial charge in [-0.2, -0.15) is 0 Å². The molecule has 4 aromatic rings. The smallest absolute Gasteiger partial charge is 0.407 e. The van der Waals surface area contributed by atoms with Crippen molar-refractivity contribution >= 4 is 12.0 Å². The van der Waals surface area contributed by atoms with E-state index >= 15 is 0 Å². The van der Waals surface area contributed by atoms with Crippen LogP contribution in [0.3, 0.4) is 0 Å². The number of hydrogen-bond donors (Lipinski definition) is 4. The van der Waals surface area contributed by atoms with Crippen molar-refractivity contribution in [2.45, 2.75) is 56.6 Å².